The van der Waals surface area contributed by atoms with Gasteiger partial charge in [0.05, 0.1) is 17.6 Å². The lowest BCUT2D eigenvalue weighted by Crippen LogP contribution is -2.16. The van der Waals surface area contributed by atoms with E-state index in [1.54, 1.807) is 0 Å². The maximum atomic E-state index is 5.84. The van der Waals surface area contributed by atoms with Gasteiger partial charge in [0, 0.05) is 19.5 Å². The SMILES string of the molecule is CNc1nc2ccccc2nc1OCC1CCNC1. The molecule has 1 aromatic carbocycles. The van der Waals surface area contributed by atoms with Crippen LogP contribution in [0.2, 0.25) is 0 Å². The summed E-state index contributed by atoms with van der Waals surface area (Å²) in [5.74, 6) is 1.86. The van der Waals surface area contributed by atoms with Crippen LogP contribution in [0.1, 0.15) is 6.42 Å². The topological polar surface area (TPSA) is 59.1 Å². The minimum absolute atomic E-state index is 0.568. The molecule has 0 bridgehead atoms. The Hall–Kier alpha value is -1.88. The molecule has 19 heavy (non-hydrogen) atoms. The highest BCUT2D eigenvalue weighted by molar-refractivity contribution is 5.77. The molecular formula is C14H18N4O. The van der Waals surface area contributed by atoms with E-state index in [4.69, 9.17) is 4.74 Å². The van der Waals surface area contributed by atoms with Crippen LogP contribution in [0.4, 0.5) is 5.82 Å². The van der Waals surface area contributed by atoms with Crippen LogP contribution in [0.5, 0.6) is 5.88 Å². The van der Waals surface area contributed by atoms with Gasteiger partial charge in [0.2, 0.25) is 0 Å². The Labute approximate surface area is 112 Å². The number of aromatic nitrogens is 2. The van der Waals surface area contributed by atoms with Crippen molar-refractivity contribution in [2.45, 2.75) is 6.42 Å². The van der Waals surface area contributed by atoms with Crippen LogP contribution in [0.3, 0.4) is 0 Å². The van der Waals surface area contributed by atoms with E-state index in [-0.39, 0.29) is 0 Å². The lowest BCUT2D eigenvalue weighted by atomic mass is 10.1. The maximum Gasteiger partial charge on any atom is 0.258 e. The molecule has 0 spiro atoms. The molecule has 1 unspecified atom stereocenters. The van der Waals surface area contributed by atoms with E-state index in [1.165, 1.54) is 0 Å². The molecular weight excluding hydrogens is 240 g/mol. The van der Waals surface area contributed by atoms with E-state index in [0.717, 1.165) is 30.5 Å². The summed E-state index contributed by atoms with van der Waals surface area (Å²) in [5, 5.41) is 6.38. The smallest absolute Gasteiger partial charge is 0.258 e. The second-order valence-electron chi connectivity index (χ2n) is 4.79. The summed E-state index contributed by atoms with van der Waals surface area (Å²) < 4.78 is 5.84. The van der Waals surface area contributed by atoms with Gasteiger partial charge in [-0.2, -0.15) is 0 Å². The molecule has 1 saturated heterocycles. The van der Waals surface area contributed by atoms with E-state index >= 15 is 0 Å². The third-order valence-electron chi connectivity index (χ3n) is 3.39. The van der Waals surface area contributed by atoms with Crippen molar-refractivity contribution in [3.8, 4) is 5.88 Å². The largest absolute Gasteiger partial charge is 0.475 e. The van der Waals surface area contributed by atoms with Crippen molar-refractivity contribution >= 4 is 16.9 Å². The number of hydrogen-bond donors (Lipinski definition) is 2. The van der Waals surface area contributed by atoms with Crippen molar-refractivity contribution in [2.24, 2.45) is 5.92 Å². The van der Waals surface area contributed by atoms with Gasteiger partial charge < -0.3 is 15.4 Å². The van der Waals surface area contributed by atoms with E-state index in [2.05, 4.69) is 20.6 Å². The number of anilines is 1. The van der Waals surface area contributed by atoms with Crippen molar-refractivity contribution in [1.29, 1.82) is 0 Å². The number of nitrogens with one attached hydrogen (secondary N) is 2. The number of rotatable bonds is 4. The number of benzene rings is 1. The van der Waals surface area contributed by atoms with E-state index in [1.807, 2.05) is 31.3 Å². The summed E-state index contributed by atoms with van der Waals surface area (Å²) in [6.45, 7) is 2.79. The lowest BCUT2D eigenvalue weighted by Gasteiger charge is -2.13. The maximum absolute atomic E-state index is 5.84. The first-order valence-corrected chi connectivity index (χ1v) is 6.65. The number of hydrogen-bond acceptors (Lipinski definition) is 5. The molecule has 1 aliphatic heterocycles. The number of fused-ring (bicyclic) bond motifs is 1. The molecule has 100 valence electrons. The second kappa shape index (κ2) is 5.40. The molecule has 1 aliphatic rings. The third-order valence-corrected chi connectivity index (χ3v) is 3.39. The average Bonchev–Trinajstić information content (AvgIpc) is 2.97. The minimum Gasteiger partial charge on any atom is -0.475 e. The molecule has 0 radical (unpaired) electrons. The molecule has 1 atom stereocenters. The average molecular weight is 258 g/mol. The Kier molecular flexibility index (Phi) is 3.46. The summed E-state index contributed by atoms with van der Waals surface area (Å²) in [6.07, 6.45) is 1.16. The minimum atomic E-state index is 0.568. The molecule has 5 nitrogen and oxygen atoms in total. The highest BCUT2D eigenvalue weighted by Crippen LogP contribution is 2.23. The molecule has 1 fully saturated rings. The van der Waals surface area contributed by atoms with E-state index in [9.17, 15) is 0 Å². The normalized spacial score (nSPS) is 18.7. The molecule has 0 aliphatic carbocycles. The van der Waals surface area contributed by atoms with Crippen molar-refractivity contribution in [2.75, 3.05) is 32.1 Å². The zero-order chi connectivity index (χ0) is 13.1. The Morgan fingerprint density at radius 3 is 2.79 bits per heavy atom. The Bertz CT molecular complexity index is 566. The summed E-state index contributed by atoms with van der Waals surface area (Å²) in [4.78, 5) is 9.06. The quantitative estimate of drug-likeness (QED) is 0.873. The number of para-hydroxylation sites is 2. The highest BCUT2D eigenvalue weighted by atomic mass is 16.5. The van der Waals surface area contributed by atoms with Crippen LogP contribution in [0.25, 0.3) is 11.0 Å². The van der Waals surface area contributed by atoms with Crippen LogP contribution >= 0.6 is 0 Å². The van der Waals surface area contributed by atoms with Crippen LogP contribution in [-0.2, 0) is 0 Å². The fraction of sp³-hybridized carbons (Fsp3) is 0.429. The molecule has 3 rings (SSSR count). The molecule has 2 N–H and O–H groups in total. The Morgan fingerprint density at radius 2 is 2.11 bits per heavy atom. The Balaban J connectivity index is 1.83. The molecule has 5 heteroatoms. The number of nitrogens with zero attached hydrogens (tertiary/aromatic N) is 2. The highest BCUT2D eigenvalue weighted by Gasteiger charge is 2.17. The summed E-state index contributed by atoms with van der Waals surface area (Å²) >= 11 is 0. The van der Waals surface area contributed by atoms with Crippen molar-refractivity contribution < 1.29 is 4.74 Å². The van der Waals surface area contributed by atoms with Crippen molar-refractivity contribution in [1.82, 2.24) is 15.3 Å². The van der Waals surface area contributed by atoms with Gasteiger partial charge in [0.1, 0.15) is 0 Å². The monoisotopic (exact) mass is 258 g/mol. The van der Waals surface area contributed by atoms with Gasteiger partial charge in [-0.05, 0) is 25.1 Å². The Morgan fingerprint density at radius 1 is 1.32 bits per heavy atom. The van der Waals surface area contributed by atoms with Gasteiger partial charge in [-0.15, -0.1) is 0 Å². The molecule has 2 heterocycles. The van der Waals surface area contributed by atoms with Crippen molar-refractivity contribution in [3.63, 3.8) is 0 Å². The van der Waals surface area contributed by atoms with Gasteiger partial charge in [-0.3, -0.25) is 0 Å². The van der Waals surface area contributed by atoms with Crippen LogP contribution < -0.4 is 15.4 Å². The van der Waals surface area contributed by atoms with Crippen LogP contribution in [0.15, 0.2) is 24.3 Å². The predicted octanol–water partition coefficient (Wildman–Crippen LogP) is 1.66. The summed E-state index contributed by atoms with van der Waals surface area (Å²) in [7, 11) is 1.84. The first-order chi connectivity index (χ1) is 9.36. The van der Waals surface area contributed by atoms with Crippen LogP contribution in [-0.4, -0.2) is 36.7 Å². The zero-order valence-corrected chi connectivity index (χ0v) is 11.0. The van der Waals surface area contributed by atoms with Gasteiger partial charge in [-0.25, -0.2) is 9.97 Å². The van der Waals surface area contributed by atoms with Gasteiger partial charge >= 0.3 is 0 Å². The van der Waals surface area contributed by atoms with Gasteiger partial charge in [0.15, 0.2) is 5.82 Å². The van der Waals surface area contributed by atoms with E-state index in [0.29, 0.717) is 24.2 Å². The molecule has 2 aromatic rings. The molecule has 1 aromatic heterocycles. The number of ether oxygens (including phenoxy) is 1. The standard InChI is InChI=1S/C14H18N4O/c1-15-13-14(19-9-10-6-7-16-8-10)18-12-5-3-2-4-11(12)17-13/h2-5,10,16H,6-9H2,1H3,(H,15,17). The van der Waals surface area contributed by atoms with Gasteiger partial charge in [0.25, 0.3) is 5.88 Å². The summed E-state index contributed by atoms with van der Waals surface area (Å²) in [6, 6.07) is 7.82. The first kappa shape index (κ1) is 12.2. The fourth-order valence-electron chi connectivity index (χ4n) is 2.30. The second-order valence-corrected chi connectivity index (χ2v) is 4.79. The van der Waals surface area contributed by atoms with Crippen LogP contribution in [0, 0.1) is 5.92 Å². The zero-order valence-electron chi connectivity index (χ0n) is 11.0. The van der Waals surface area contributed by atoms with E-state index < -0.39 is 0 Å². The predicted molar refractivity (Wildman–Crippen MR) is 75.6 cm³/mol. The fourth-order valence-corrected chi connectivity index (χ4v) is 2.30. The molecule has 0 saturated carbocycles. The third kappa shape index (κ3) is 2.61. The molecule has 0 amide bonds. The van der Waals surface area contributed by atoms with Gasteiger partial charge in [-0.1, -0.05) is 12.1 Å². The van der Waals surface area contributed by atoms with Crippen molar-refractivity contribution in [3.05, 3.63) is 24.3 Å². The first-order valence-electron chi connectivity index (χ1n) is 6.65. The lowest BCUT2D eigenvalue weighted by molar-refractivity contribution is 0.252. The summed E-state index contributed by atoms with van der Waals surface area (Å²) in [5.41, 5.74) is 1.74.